The maximum atomic E-state index is 12.0. The van der Waals surface area contributed by atoms with Crippen molar-refractivity contribution in [1.82, 2.24) is 19.7 Å². The van der Waals surface area contributed by atoms with E-state index in [2.05, 4.69) is 20.0 Å². The maximum Gasteiger partial charge on any atom is 0.266 e. The largest absolute Gasteiger partial charge is 0.340 e. The Kier molecular flexibility index (Phi) is 3.39. The van der Waals surface area contributed by atoms with Crippen molar-refractivity contribution in [3.05, 3.63) is 45.6 Å². The zero-order valence-electron chi connectivity index (χ0n) is 13.6. The van der Waals surface area contributed by atoms with Crippen LogP contribution in [0.4, 0.5) is 5.95 Å². The number of hydrogen-bond donors (Lipinski definition) is 0. The molecule has 0 spiro atoms. The van der Waals surface area contributed by atoms with Crippen molar-refractivity contribution >= 4 is 5.95 Å². The van der Waals surface area contributed by atoms with Gasteiger partial charge in [0.2, 0.25) is 5.95 Å². The van der Waals surface area contributed by atoms with Crippen molar-refractivity contribution in [2.75, 3.05) is 18.0 Å². The second kappa shape index (κ2) is 5.44. The molecule has 0 N–H and O–H groups in total. The van der Waals surface area contributed by atoms with Crippen LogP contribution in [0.5, 0.6) is 0 Å². The van der Waals surface area contributed by atoms with Crippen LogP contribution in [-0.4, -0.2) is 32.8 Å². The summed E-state index contributed by atoms with van der Waals surface area (Å²) in [5.74, 6) is 1.80. The molecule has 2 aromatic rings. The Labute approximate surface area is 135 Å². The third-order valence-electron chi connectivity index (χ3n) is 4.52. The first kappa shape index (κ1) is 14.4. The standard InChI is InChI=1S/C17H21N5O/c1-11-7-12(2)19-17(18-11)21-8-13(9-21)10-22-16(23)6-5-15(20-22)14-3-4-14/h5-7,13-14H,3-4,8-10H2,1-2H3. The Morgan fingerprint density at radius 2 is 1.83 bits per heavy atom. The van der Waals surface area contributed by atoms with Gasteiger partial charge in [0.1, 0.15) is 0 Å². The van der Waals surface area contributed by atoms with E-state index in [1.165, 1.54) is 12.8 Å². The van der Waals surface area contributed by atoms with E-state index in [0.29, 0.717) is 18.4 Å². The molecule has 0 atom stereocenters. The van der Waals surface area contributed by atoms with Crippen LogP contribution < -0.4 is 10.5 Å². The Balaban J connectivity index is 1.42. The van der Waals surface area contributed by atoms with Gasteiger partial charge in [0, 0.05) is 42.4 Å². The van der Waals surface area contributed by atoms with Crippen molar-refractivity contribution in [3.8, 4) is 0 Å². The average molecular weight is 311 g/mol. The predicted octanol–water partition coefficient (Wildman–Crippen LogP) is 1.66. The quantitative estimate of drug-likeness (QED) is 0.859. The number of anilines is 1. The molecule has 2 fully saturated rings. The number of hydrogen-bond acceptors (Lipinski definition) is 5. The molecule has 0 bridgehead atoms. The first-order valence-electron chi connectivity index (χ1n) is 8.24. The molecule has 0 unspecified atom stereocenters. The van der Waals surface area contributed by atoms with Crippen LogP contribution in [0.25, 0.3) is 0 Å². The van der Waals surface area contributed by atoms with Crippen LogP contribution in [0.3, 0.4) is 0 Å². The average Bonchev–Trinajstić information content (AvgIpc) is 3.27. The van der Waals surface area contributed by atoms with E-state index in [-0.39, 0.29) is 5.56 Å². The minimum Gasteiger partial charge on any atom is -0.340 e. The highest BCUT2D eigenvalue weighted by atomic mass is 16.1. The lowest BCUT2D eigenvalue weighted by atomic mass is 10.0. The second-order valence-corrected chi connectivity index (χ2v) is 6.77. The summed E-state index contributed by atoms with van der Waals surface area (Å²) < 4.78 is 1.64. The van der Waals surface area contributed by atoms with Gasteiger partial charge < -0.3 is 4.90 Å². The van der Waals surface area contributed by atoms with Gasteiger partial charge in [-0.1, -0.05) is 0 Å². The van der Waals surface area contributed by atoms with Crippen molar-refractivity contribution in [1.29, 1.82) is 0 Å². The number of aromatic nitrogens is 4. The third-order valence-corrected chi connectivity index (χ3v) is 4.52. The molecule has 4 rings (SSSR count). The molecule has 0 aromatic carbocycles. The van der Waals surface area contributed by atoms with Gasteiger partial charge in [0.15, 0.2) is 0 Å². The lowest BCUT2D eigenvalue weighted by Gasteiger charge is -2.39. The molecule has 1 aliphatic heterocycles. The summed E-state index contributed by atoms with van der Waals surface area (Å²) in [7, 11) is 0. The summed E-state index contributed by atoms with van der Waals surface area (Å²) in [5, 5.41) is 4.54. The highest BCUT2D eigenvalue weighted by molar-refractivity contribution is 5.35. The van der Waals surface area contributed by atoms with E-state index < -0.39 is 0 Å². The van der Waals surface area contributed by atoms with Crippen LogP contribution >= 0.6 is 0 Å². The molecule has 3 heterocycles. The fourth-order valence-corrected chi connectivity index (χ4v) is 3.13. The maximum absolute atomic E-state index is 12.0. The fraction of sp³-hybridized carbons (Fsp3) is 0.529. The lowest BCUT2D eigenvalue weighted by Crippen LogP contribution is -2.50. The Bertz CT molecular complexity index is 770. The van der Waals surface area contributed by atoms with Crippen LogP contribution in [0.2, 0.25) is 0 Å². The molecule has 1 aliphatic carbocycles. The zero-order valence-corrected chi connectivity index (χ0v) is 13.6. The van der Waals surface area contributed by atoms with Crippen molar-refractivity contribution in [3.63, 3.8) is 0 Å². The Hall–Kier alpha value is -2.24. The smallest absolute Gasteiger partial charge is 0.266 e. The molecule has 1 saturated carbocycles. The fourth-order valence-electron chi connectivity index (χ4n) is 3.13. The first-order valence-corrected chi connectivity index (χ1v) is 8.24. The monoisotopic (exact) mass is 311 g/mol. The number of rotatable bonds is 4. The van der Waals surface area contributed by atoms with Gasteiger partial charge in [-0.15, -0.1) is 0 Å². The molecule has 2 aromatic heterocycles. The first-order chi connectivity index (χ1) is 11.1. The molecule has 0 amide bonds. The molecule has 6 nitrogen and oxygen atoms in total. The van der Waals surface area contributed by atoms with Gasteiger partial charge in [0.05, 0.1) is 12.2 Å². The molecule has 0 radical (unpaired) electrons. The molecular weight excluding hydrogens is 290 g/mol. The van der Waals surface area contributed by atoms with Crippen LogP contribution in [0, 0.1) is 19.8 Å². The molecular formula is C17H21N5O. The highest BCUT2D eigenvalue weighted by Crippen LogP contribution is 2.38. The van der Waals surface area contributed by atoms with Crippen molar-refractivity contribution in [2.24, 2.45) is 5.92 Å². The summed E-state index contributed by atoms with van der Waals surface area (Å²) in [6, 6.07) is 5.52. The van der Waals surface area contributed by atoms with Gasteiger partial charge in [0.25, 0.3) is 5.56 Å². The van der Waals surface area contributed by atoms with E-state index in [4.69, 9.17) is 0 Å². The van der Waals surface area contributed by atoms with Crippen molar-refractivity contribution in [2.45, 2.75) is 39.2 Å². The summed E-state index contributed by atoms with van der Waals surface area (Å²) in [6.07, 6.45) is 2.40. The number of nitrogens with zero attached hydrogens (tertiary/aromatic N) is 5. The van der Waals surface area contributed by atoms with Gasteiger partial charge in [-0.05, 0) is 38.8 Å². The van der Waals surface area contributed by atoms with E-state index in [0.717, 1.165) is 36.1 Å². The minimum absolute atomic E-state index is 0.00417. The van der Waals surface area contributed by atoms with Crippen LogP contribution in [-0.2, 0) is 6.54 Å². The normalized spacial score (nSPS) is 18.1. The summed E-state index contributed by atoms with van der Waals surface area (Å²) in [4.78, 5) is 23.1. The van der Waals surface area contributed by atoms with Gasteiger partial charge in [-0.2, -0.15) is 5.10 Å². The third kappa shape index (κ3) is 2.98. The summed E-state index contributed by atoms with van der Waals surface area (Å²) in [5.41, 5.74) is 3.05. The summed E-state index contributed by atoms with van der Waals surface area (Å²) >= 11 is 0. The molecule has 23 heavy (non-hydrogen) atoms. The SMILES string of the molecule is Cc1cc(C)nc(N2CC(Cn3nc(C4CC4)ccc3=O)C2)n1. The van der Waals surface area contributed by atoms with E-state index in [1.807, 2.05) is 26.0 Å². The predicted molar refractivity (Wildman–Crippen MR) is 87.7 cm³/mol. The Morgan fingerprint density at radius 3 is 2.48 bits per heavy atom. The summed E-state index contributed by atoms with van der Waals surface area (Å²) in [6.45, 7) is 6.42. The Morgan fingerprint density at radius 1 is 1.13 bits per heavy atom. The molecule has 1 saturated heterocycles. The highest BCUT2D eigenvalue weighted by Gasteiger charge is 2.30. The van der Waals surface area contributed by atoms with Crippen molar-refractivity contribution < 1.29 is 0 Å². The van der Waals surface area contributed by atoms with E-state index in [1.54, 1.807) is 10.7 Å². The molecule has 2 aliphatic rings. The van der Waals surface area contributed by atoms with Gasteiger partial charge >= 0.3 is 0 Å². The van der Waals surface area contributed by atoms with Gasteiger partial charge in [-0.25, -0.2) is 14.6 Å². The topological polar surface area (TPSA) is 63.9 Å². The van der Waals surface area contributed by atoms with Crippen LogP contribution in [0.1, 0.15) is 35.8 Å². The van der Waals surface area contributed by atoms with Crippen LogP contribution in [0.15, 0.2) is 23.0 Å². The second-order valence-electron chi connectivity index (χ2n) is 6.77. The van der Waals surface area contributed by atoms with E-state index in [9.17, 15) is 4.79 Å². The number of aryl methyl sites for hydroxylation is 2. The minimum atomic E-state index is -0.00417. The lowest BCUT2D eigenvalue weighted by molar-refractivity contribution is 0.329. The van der Waals surface area contributed by atoms with Gasteiger partial charge in [-0.3, -0.25) is 4.79 Å². The molecule has 6 heteroatoms. The van der Waals surface area contributed by atoms with E-state index >= 15 is 0 Å². The molecule has 120 valence electrons. The zero-order chi connectivity index (χ0) is 16.0.